The van der Waals surface area contributed by atoms with Crippen LogP contribution in [0.25, 0.3) is 11.3 Å². The van der Waals surface area contributed by atoms with Gasteiger partial charge in [0.05, 0.1) is 10.6 Å². The molecular weight excluding hydrogens is 298 g/mol. The van der Waals surface area contributed by atoms with Gasteiger partial charge >= 0.3 is 0 Å². The minimum Gasteiger partial charge on any atom is -0.332 e. The summed E-state index contributed by atoms with van der Waals surface area (Å²) in [6, 6.07) is 14.5. The number of hydrogen-bond acceptors (Lipinski definition) is 5. The molecule has 0 amide bonds. The molecule has 0 bridgehead atoms. The number of aromatic nitrogens is 1. The van der Waals surface area contributed by atoms with Crippen LogP contribution in [0.3, 0.4) is 0 Å². The van der Waals surface area contributed by atoms with Crippen molar-refractivity contribution in [3.8, 4) is 11.3 Å². The molecule has 1 heterocycles. The lowest BCUT2D eigenvalue weighted by molar-refractivity contribution is -0.384. The number of hydrogen-bond donors (Lipinski definition) is 1. The normalized spacial score (nSPS) is 10.4. The second-order valence-corrected chi connectivity index (χ2v) is 5.69. The third kappa shape index (κ3) is 3.12. The first-order valence-corrected chi connectivity index (χ1v) is 7.54. The van der Waals surface area contributed by atoms with E-state index in [0.717, 1.165) is 22.1 Å². The van der Waals surface area contributed by atoms with Crippen LogP contribution in [0.15, 0.2) is 53.9 Å². The zero-order valence-corrected chi connectivity index (χ0v) is 12.6. The molecule has 0 atom stereocenters. The lowest BCUT2D eigenvalue weighted by atomic mass is 10.1. The molecule has 0 aliphatic carbocycles. The maximum atomic E-state index is 10.8. The van der Waals surface area contributed by atoms with Gasteiger partial charge < -0.3 is 5.32 Å². The molecule has 0 saturated carbocycles. The van der Waals surface area contributed by atoms with Gasteiger partial charge in [0, 0.05) is 28.8 Å². The van der Waals surface area contributed by atoms with Crippen LogP contribution in [0.2, 0.25) is 0 Å². The molecule has 3 rings (SSSR count). The summed E-state index contributed by atoms with van der Waals surface area (Å²) in [5.74, 6) is 0. The quantitative estimate of drug-likeness (QED) is 0.556. The highest BCUT2D eigenvalue weighted by molar-refractivity contribution is 7.14. The van der Waals surface area contributed by atoms with Crippen molar-refractivity contribution >= 4 is 27.8 Å². The third-order valence-corrected chi connectivity index (χ3v) is 3.92. The van der Waals surface area contributed by atoms with Gasteiger partial charge in [-0.3, -0.25) is 10.1 Å². The average molecular weight is 311 g/mol. The molecule has 0 saturated heterocycles. The molecule has 22 heavy (non-hydrogen) atoms. The lowest BCUT2D eigenvalue weighted by Gasteiger charge is -2.02. The molecule has 6 heteroatoms. The average Bonchev–Trinajstić information content (AvgIpc) is 2.98. The summed E-state index contributed by atoms with van der Waals surface area (Å²) >= 11 is 1.47. The standard InChI is InChI=1S/C16H13N3O2S/c1-11-5-7-13(8-6-11)17-16-18-15(10-22-16)12-3-2-4-14(9-12)19(20)21/h2-10H,1H3,(H,17,18). The predicted octanol–water partition coefficient (Wildman–Crippen LogP) is 4.77. The second kappa shape index (κ2) is 5.95. The molecule has 0 aliphatic rings. The van der Waals surface area contributed by atoms with Crippen LogP contribution in [0.5, 0.6) is 0 Å². The monoisotopic (exact) mass is 311 g/mol. The van der Waals surface area contributed by atoms with Crippen molar-refractivity contribution in [1.29, 1.82) is 0 Å². The Morgan fingerprint density at radius 2 is 1.95 bits per heavy atom. The van der Waals surface area contributed by atoms with Crippen LogP contribution in [0.1, 0.15) is 5.56 Å². The second-order valence-electron chi connectivity index (χ2n) is 4.84. The first-order valence-electron chi connectivity index (χ1n) is 6.66. The van der Waals surface area contributed by atoms with Crippen LogP contribution in [0.4, 0.5) is 16.5 Å². The van der Waals surface area contributed by atoms with Crippen molar-refractivity contribution in [2.75, 3.05) is 5.32 Å². The first kappa shape index (κ1) is 14.2. The number of nitrogens with one attached hydrogen (secondary N) is 1. The van der Waals surface area contributed by atoms with E-state index < -0.39 is 4.92 Å². The zero-order chi connectivity index (χ0) is 15.5. The fraction of sp³-hybridized carbons (Fsp3) is 0.0625. The van der Waals surface area contributed by atoms with E-state index in [9.17, 15) is 10.1 Å². The molecule has 0 unspecified atom stereocenters. The first-order chi connectivity index (χ1) is 10.6. The molecule has 2 aromatic carbocycles. The smallest absolute Gasteiger partial charge is 0.270 e. The van der Waals surface area contributed by atoms with E-state index in [-0.39, 0.29) is 5.69 Å². The van der Waals surface area contributed by atoms with Crippen LogP contribution in [0, 0.1) is 17.0 Å². The number of benzene rings is 2. The number of non-ortho nitro benzene ring substituents is 1. The van der Waals surface area contributed by atoms with E-state index in [1.165, 1.54) is 29.0 Å². The molecule has 0 spiro atoms. The Morgan fingerprint density at radius 1 is 1.18 bits per heavy atom. The Balaban J connectivity index is 1.83. The molecule has 3 aromatic rings. The fourth-order valence-electron chi connectivity index (χ4n) is 2.00. The summed E-state index contributed by atoms with van der Waals surface area (Å²) in [6.45, 7) is 2.04. The zero-order valence-electron chi connectivity index (χ0n) is 11.8. The molecule has 5 nitrogen and oxygen atoms in total. The van der Waals surface area contributed by atoms with E-state index in [2.05, 4.69) is 10.3 Å². The largest absolute Gasteiger partial charge is 0.332 e. The van der Waals surface area contributed by atoms with Gasteiger partial charge in [0.15, 0.2) is 5.13 Å². The number of anilines is 2. The summed E-state index contributed by atoms with van der Waals surface area (Å²) in [5, 5.41) is 16.7. The van der Waals surface area contributed by atoms with Crippen LogP contribution in [-0.2, 0) is 0 Å². The highest BCUT2D eigenvalue weighted by atomic mass is 32.1. The van der Waals surface area contributed by atoms with Crippen LogP contribution >= 0.6 is 11.3 Å². The van der Waals surface area contributed by atoms with Crippen molar-refractivity contribution < 1.29 is 4.92 Å². The van der Waals surface area contributed by atoms with Crippen molar-refractivity contribution in [3.63, 3.8) is 0 Å². The summed E-state index contributed by atoms with van der Waals surface area (Å²) in [5.41, 5.74) is 3.69. The minimum atomic E-state index is -0.401. The Bertz CT molecular complexity index is 812. The van der Waals surface area contributed by atoms with Gasteiger partial charge in [0.1, 0.15) is 0 Å². The van der Waals surface area contributed by atoms with E-state index in [4.69, 9.17) is 0 Å². The van der Waals surface area contributed by atoms with Crippen molar-refractivity contribution in [1.82, 2.24) is 4.98 Å². The molecule has 0 fully saturated rings. The van der Waals surface area contributed by atoms with E-state index >= 15 is 0 Å². The highest BCUT2D eigenvalue weighted by Crippen LogP contribution is 2.29. The van der Waals surface area contributed by atoms with E-state index in [0.29, 0.717) is 0 Å². The SMILES string of the molecule is Cc1ccc(Nc2nc(-c3cccc([N+](=O)[O-])c3)cs2)cc1. The summed E-state index contributed by atoms with van der Waals surface area (Å²) < 4.78 is 0. The summed E-state index contributed by atoms with van der Waals surface area (Å²) in [6.07, 6.45) is 0. The maximum Gasteiger partial charge on any atom is 0.270 e. The van der Waals surface area contributed by atoms with Crippen LogP contribution < -0.4 is 5.32 Å². The third-order valence-electron chi connectivity index (χ3n) is 3.16. The molecule has 1 aromatic heterocycles. The summed E-state index contributed by atoms with van der Waals surface area (Å²) in [4.78, 5) is 14.9. The van der Waals surface area contributed by atoms with Gasteiger partial charge in [-0.2, -0.15) is 0 Å². The number of aryl methyl sites for hydroxylation is 1. The van der Waals surface area contributed by atoms with Crippen molar-refractivity contribution in [3.05, 3.63) is 69.6 Å². The number of rotatable bonds is 4. The fourth-order valence-corrected chi connectivity index (χ4v) is 2.74. The van der Waals surface area contributed by atoms with E-state index in [1.54, 1.807) is 6.07 Å². The Kier molecular flexibility index (Phi) is 3.84. The number of thiazole rings is 1. The topological polar surface area (TPSA) is 68.1 Å². The van der Waals surface area contributed by atoms with Gasteiger partial charge in [-0.1, -0.05) is 29.8 Å². The highest BCUT2D eigenvalue weighted by Gasteiger charge is 2.10. The Labute approximate surface area is 131 Å². The molecule has 110 valence electrons. The molecule has 0 aliphatic heterocycles. The van der Waals surface area contributed by atoms with Gasteiger partial charge in [-0.25, -0.2) is 4.98 Å². The minimum absolute atomic E-state index is 0.0681. The predicted molar refractivity (Wildman–Crippen MR) is 88.7 cm³/mol. The molecular formula is C16H13N3O2S. The van der Waals surface area contributed by atoms with Crippen molar-refractivity contribution in [2.24, 2.45) is 0 Å². The maximum absolute atomic E-state index is 10.8. The number of nitro benzene ring substituents is 1. The number of nitrogens with zero attached hydrogens (tertiary/aromatic N) is 2. The van der Waals surface area contributed by atoms with Crippen molar-refractivity contribution in [2.45, 2.75) is 6.92 Å². The van der Waals surface area contributed by atoms with Gasteiger partial charge in [0.25, 0.3) is 5.69 Å². The Hall–Kier alpha value is -2.73. The molecule has 1 N–H and O–H groups in total. The van der Waals surface area contributed by atoms with Crippen LogP contribution in [-0.4, -0.2) is 9.91 Å². The lowest BCUT2D eigenvalue weighted by Crippen LogP contribution is -1.90. The summed E-state index contributed by atoms with van der Waals surface area (Å²) in [7, 11) is 0. The van der Waals surface area contributed by atoms with E-state index in [1.807, 2.05) is 42.6 Å². The Morgan fingerprint density at radius 3 is 2.68 bits per heavy atom. The molecule has 0 radical (unpaired) electrons. The van der Waals surface area contributed by atoms with Gasteiger partial charge in [0.2, 0.25) is 0 Å². The van der Waals surface area contributed by atoms with Gasteiger partial charge in [-0.05, 0) is 19.1 Å². The number of nitro groups is 1. The van der Waals surface area contributed by atoms with Gasteiger partial charge in [-0.15, -0.1) is 11.3 Å².